The lowest BCUT2D eigenvalue weighted by atomic mass is 10.1. The summed E-state index contributed by atoms with van der Waals surface area (Å²) in [5.41, 5.74) is 2.43. The zero-order valence-electron chi connectivity index (χ0n) is 14.9. The Balaban J connectivity index is 1.67. The fourth-order valence-corrected chi connectivity index (χ4v) is 3.40. The first-order valence-electron chi connectivity index (χ1n) is 8.61. The first kappa shape index (κ1) is 19.1. The third-order valence-electron chi connectivity index (χ3n) is 4.29. The van der Waals surface area contributed by atoms with Crippen LogP contribution in [-0.4, -0.2) is 57.8 Å². The molecule has 0 spiro atoms. The third-order valence-corrected chi connectivity index (χ3v) is 5.29. The molecule has 1 aromatic rings. The Kier molecular flexibility index (Phi) is 6.16. The number of carbonyl (C=O) groups excluding carboxylic acids is 1. The smallest absolute Gasteiger partial charge is 0.250 e. The monoisotopic (exact) mass is 396 g/mol. The maximum absolute atomic E-state index is 12.9. The van der Waals surface area contributed by atoms with Crippen LogP contribution in [0.5, 0.6) is 0 Å². The number of amides is 1. The normalized spacial score (nSPS) is 24.1. The fourth-order valence-electron chi connectivity index (χ4n) is 2.98. The van der Waals surface area contributed by atoms with Crippen molar-refractivity contribution in [3.63, 3.8) is 0 Å². The largest absolute Gasteiger partial charge is 0.335 e. The lowest BCUT2D eigenvalue weighted by Gasteiger charge is -2.22. The van der Waals surface area contributed by atoms with Gasteiger partial charge in [0, 0.05) is 30.1 Å². The Labute approximate surface area is 163 Å². The topological polar surface area (TPSA) is 58.6 Å². The number of halogens is 2. The molecule has 1 fully saturated rings. The van der Waals surface area contributed by atoms with Crippen molar-refractivity contribution in [2.45, 2.75) is 31.0 Å². The number of nitrogens with zero attached hydrogens (tertiary/aromatic N) is 4. The van der Waals surface area contributed by atoms with Crippen molar-refractivity contribution in [3.05, 3.63) is 41.3 Å². The number of carbonyl (C=O) groups is 1. The number of aromatic nitrogens is 2. The lowest BCUT2D eigenvalue weighted by molar-refractivity contribution is -0.127. The Morgan fingerprint density at radius 3 is 2.65 bits per heavy atom. The van der Waals surface area contributed by atoms with E-state index in [4.69, 9.17) is 28.0 Å². The molecule has 26 heavy (non-hydrogen) atoms. The van der Waals surface area contributed by atoms with Gasteiger partial charge in [0.1, 0.15) is 0 Å². The summed E-state index contributed by atoms with van der Waals surface area (Å²) in [5, 5.41) is 1.09. The van der Waals surface area contributed by atoms with Gasteiger partial charge in [0.05, 0.1) is 23.9 Å². The van der Waals surface area contributed by atoms with Crippen LogP contribution in [0.1, 0.15) is 17.8 Å². The average molecular weight is 397 g/mol. The molecular formula is C18H22Cl2N4O2. The Morgan fingerprint density at radius 1 is 1.19 bits per heavy atom. The predicted octanol–water partition coefficient (Wildman–Crippen LogP) is 2.77. The van der Waals surface area contributed by atoms with Crippen LogP contribution in [-0.2, 0) is 9.63 Å². The Morgan fingerprint density at radius 2 is 1.92 bits per heavy atom. The molecule has 1 aromatic heterocycles. The maximum Gasteiger partial charge on any atom is 0.250 e. The van der Waals surface area contributed by atoms with Gasteiger partial charge in [0.2, 0.25) is 11.9 Å². The van der Waals surface area contributed by atoms with Gasteiger partial charge >= 0.3 is 0 Å². The highest BCUT2D eigenvalue weighted by atomic mass is 35.5. The van der Waals surface area contributed by atoms with Crippen LogP contribution in [0.4, 0.5) is 5.95 Å². The number of allylic oxidation sites excluding steroid dienone is 3. The van der Waals surface area contributed by atoms with Crippen molar-refractivity contribution < 1.29 is 9.63 Å². The molecule has 6 nitrogen and oxygen atoms in total. The molecular weight excluding hydrogens is 375 g/mol. The third kappa shape index (κ3) is 4.55. The van der Waals surface area contributed by atoms with E-state index >= 15 is 0 Å². The number of aryl methyl sites for hydroxylation is 2. The fraction of sp³-hybridized carbons (Fsp3) is 0.500. The van der Waals surface area contributed by atoms with Gasteiger partial charge in [-0.1, -0.05) is 18.2 Å². The quantitative estimate of drug-likeness (QED) is 0.719. The number of anilines is 1. The molecule has 2 atom stereocenters. The lowest BCUT2D eigenvalue weighted by Crippen LogP contribution is -2.37. The van der Waals surface area contributed by atoms with E-state index < -0.39 is 0 Å². The van der Waals surface area contributed by atoms with Gasteiger partial charge < -0.3 is 4.90 Å². The van der Waals surface area contributed by atoms with Crippen molar-refractivity contribution in [1.29, 1.82) is 0 Å². The molecule has 8 heteroatoms. The van der Waals surface area contributed by atoms with E-state index in [1.165, 1.54) is 0 Å². The van der Waals surface area contributed by atoms with Crippen molar-refractivity contribution in [2.75, 3.05) is 31.3 Å². The van der Waals surface area contributed by atoms with Crippen LogP contribution in [0.15, 0.2) is 29.9 Å². The second-order valence-corrected chi connectivity index (χ2v) is 7.48. The maximum atomic E-state index is 12.9. The second-order valence-electron chi connectivity index (χ2n) is 6.42. The van der Waals surface area contributed by atoms with Crippen LogP contribution in [0, 0.1) is 13.8 Å². The summed E-state index contributed by atoms with van der Waals surface area (Å²) in [6.45, 7) is 5.74. The van der Waals surface area contributed by atoms with Crippen LogP contribution >= 0.6 is 23.2 Å². The molecule has 0 bridgehead atoms. The molecule has 140 valence electrons. The number of rotatable bonds is 2. The standard InChI is InChI=1S/C18H22Cl2N4O2/c1-12-10-13(2)22-18(21-12)24-7-6-23(8-9-26-24)17(25)14-4-3-5-15(19)16(20)11-14/h3-5,10,15-16H,6-9,11H2,1-2H3. The SMILES string of the molecule is Cc1cc(C)nc(N2CCN(C(=O)C3=CC=CC(Cl)C(Cl)C3)CCO2)n1. The van der Waals surface area contributed by atoms with Gasteiger partial charge in [-0.3, -0.25) is 9.63 Å². The van der Waals surface area contributed by atoms with Crippen molar-refractivity contribution >= 4 is 35.1 Å². The van der Waals surface area contributed by atoms with Crippen LogP contribution in [0.2, 0.25) is 0 Å². The van der Waals surface area contributed by atoms with Crippen molar-refractivity contribution in [3.8, 4) is 0 Å². The summed E-state index contributed by atoms with van der Waals surface area (Å²) < 4.78 is 0. The van der Waals surface area contributed by atoms with Gasteiger partial charge in [-0.15, -0.1) is 23.2 Å². The van der Waals surface area contributed by atoms with E-state index in [0.29, 0.717) is 44.2 Å². The molecule has 1 amide bonds. The van der Waals surface area contributed by atoms with Gasteiger partial charge in [-0.25, -0.2) is 15.0 Å². The highest BCUT2D eigenvalue weighted by molar-refractivity contribution is 6.31. The molecule has 1 aliphatic carbocycles. The number of hydrogen-bond acceptors (Lipinski definition) is 5. The molecule has 0 aromatic carbocycles. The summed E-state index contributed by atoms with van der Waals surface area (Å²) >= 11 is 12.4. The minimum absolute atomic E-state index is 0.0298. The molecule has 3 rings (SSSR count). The van der Waals surface area contributed by atoms with Gasteiger partial charge in [-0.05, 0) is 26.3 Å². The zero-order valence-corrected chi connectivity index (χ0v) is 16.4. The summed E-state index contributed by atoms with van der Waals surface area (Å²) in [7, 11) is 0. The number of alkyl halides is 2. The Bertz CT molecular complexity index is 718. The molecule has 0 saturated carbocycles. The van der Waals surface area contributed by atoms with Crippen molar-refractivity contribution in [1.82, 2.24) is 14.9 Å². The predicted molar refractivity (Wildman–Crippen MR) is 103 cm³/mol. The van der Waals surface area contributed by atoms with Crippen LogP contribution in [0.3, 0.4) is 0 Å². The molecule has 0 radical (unpaired) electrons. The molecule has 1 saturated heterocycles. The van der Waals surface area contributed by atoms with E-state index in [9.17, 15) is 4.79 Å². The van der Waals surface area contributed by atoms with Crippen molar-refractivity contribution in [2.24, 2.45) is 0 Å². The summed E-state index contributed by atoms with van der Waals surface area (Å²) in [6.07, 6.45) is 5.86. The number of hydroxylamine groups is 1. The second kappa shape index (κ2) is 8.37. The summed E-state index contributed by atoms with van der Waals surface area (Å²) in [4.78, 5) is 29.3. The Hall–Kier alpha value is -1.63. The minimum atomic E-state index is -0.297. The van der Waals surface area contributed by atoms with Gasteiger partial charge in [0.15, 0.2) is 0 Å². The number of hydrogen-bond donors (Lipinski definition) is 0. The first-order valence-corrected chi connectivity index (χ1v) is 9.49. The van der Waals surface area contributed by atoms with Gasteiger partial charge in [0.25, 0.3) is 0 Å². The van der Waals surface area contributed by atoms with E-state index in [2.05, 4.69) is 9.97 Å². The average Bonchev–Trinajstić information content (AvgIpc) is 2.93. The molecule has 1 aliphatic heterocycles. The van der Waals surface area contributed by atoms with Crippen LogP contribution in [0.25, 0.3) is 0 Å². The minimum Gasteiger partial charge on any atom is -0.335 e. The zero-order chi connectivity index (χ0) is 18.7. The molecule has 2 aliphatic rings. The first-order chi connectivity index (χ1) is 12.4. The summed E-state index contributed by atoms with van der Waals surface area (Å²) in [5.74, 6) is 0.497. The van der Waals surface area contributed by atoms with E-state index in [0.717, 1.165) is 11.4 Å². The van der Waals surface area contributed by atoms with Gasteiger partial charge in [-0.2, -0.15) is 0 Å². The van der Waals surface area contributed by atoms with E-state index in [-0.39, 0.29) is 16.7 Å². The highest BCUT2D eigenvalue weighted by Crippen LogP contribution is 2.24. The van der Waals surface area contributed by atoms with Crippen LogP contribution < -0.4 is 5.06 Å². The molecule has 2 unspecified atom stereocenters. The molecule has 0 N–H and O–H groups in total. The van der Waals surface area contributed by atoms with E-state index in [1.54, 1.807) is 22.1 Å². The highest BCUT2D eigenvalue weighted by Gasteiger charge is 2.27. The summed E-state index contributed by atoms with van der Waals surface area (Å²) in [6, 6.07) is 1.91. The van der Waals surface area contributed by atoms with E-state index in [1.807, 2.05) is 26.0 Å². The molecule has 2 heterocycles.